The molecule has 1 aromatic rings. The minimum absolute atomic E-state index is 0.0240. The Labute approximate surface area is 90.1 Å². The number of hydrogen-bond donors (Lipinski definition) is 2. The van der Waals surface area contributed by atoms with Gasteiger partial charge in [-0.15, -0.1) is 0 Å². The predicted molar refractivity (Wildman–Crippen MR) is 62.8 cm³/mol. The second kappa shape index (κ2) is 4.68. The largest absolute Gasteiger partial charge is 0.397 e. The van der Waals surface area contributed by atoms with Gasteiger partial charge in [0.1, 0.15) is 0 Å². The molecular weight excluding hydrogens is 190 g/mol. The number of hydrogen-bond acceptors (Lipinski definition) is 3. The Morgan fingerprint density at radius 2 is 2.13 bits per heavy atom. The van der Waals surface area contributed by atoms with Gasteiger partial charge in [0, 0.05) is 14.1 Å². The van der Waals surface area contributed by atoms with E-state index in [1.54, 1.807) is 19.0 Å². The number of nitrogen functional groups attached to an aromatic ring is 1. The lowest BCUT2D eigenvalue weighted by Crippen LogP contribution is -2.28. The van der Waals surface area contributed by atoms with E-state index in [1.165, 1.54) is 0 Å². The Hall–Kier alpha value is -1.71. The van der Waals surface area contributed by atoms with E-state index in [-0.39, 0.29) is 12.5 Å². The van der Waals surface area contributed by atoms with Crippen molar-refractivity contribution in [1.29, 1.82) is 0 Å². The Bertz CT molecular complexity index is 361. The Morgan fingerprint density at radius 3 is 2.73 bits per heavy atom. The van der Waals surface area contributed by atoms with E-state index >= 15 is 0 Å². The van der Waals surface area contributed by atoms with E-state index < -0.39 is 0 Å². The van der Waals surface area contributed by atoms with Crippen molar-refractivity contribution in [2.45, 2.75) is 6.92 Å². The van der Waals surface area contributed by atoms with Crippen molar-refractivity contribution in [3.63, 3.8) is 0 Å². The van der Waals surface area contributed by atoms with Crippen molar-refractivity contribution >= 4 is 17.3 Å². The summed E-state index contributed by atoms with van der Waals surface area (Å²) in [5, 5.41) is 3.02. The second-order valence-electron chi connectivity index (χ2n) is 3.68. The second-order valence-corrected chi connectivity index (χ2v) is 3.68. The maximum absolute atomic E-state index is 11.3. The van der Waals surface area contributed by atoms with Gasteiger partial charge in [0.2, 0.25) is 5.91 Å². The molecule has 0 radical (unpaired) electrons. The number of rotatable bonds is 3. The monoisotopic (exact) mass is 207 g/mol. The zero-order valence-corrected chi connectivity index (χ0v) is 9.37. The van der Waals surface area contributed by atoms with Crippen molar-refractivity contribution in [1.82, 2.24) is 4.90 Å². The van der Waals surface area contributed by atoms with Crippen molar-refractivity contribution < 1.29 is 4.79 Å². The highest BCUT2D eigenvalue weighted by molar-refractivity contribution is 5.82. The molecule has 0 spiro atoms. The fraction of sp³-hybridized carbons (Fsp3) is 0.364. The van der Waals surface area contributed by atoms with Gasteiger partial charge in [0.05, 0.1) is 17.9 Å². The molecule has 3 N–H and O–H groups in total. The summed E-state index contributed by atoms with van der Waals surface area (Å²) in [6.45, 7) is 2.20. The molecule has 1 amide bonds. The van der Waals surface area contributed by atoms with Crippen LogP contribution in [-0.4, -0.2) is 31.4 Å². The molecule has 4 nitrogen and oxygen atoms in total. The molecule has 15 heavy (non-hydrogen) atoms. The van der Waals surface area contributed by atoms with Gasteiger partial charge in [-0.05, 0) is 18.6 Å². The van der Waals surface area contributed by atoms with Crippen LogP contribution in [0.2, 0.25) is 0 Å². The highest BCUT2D eigenvalue weighted by atomic mass is 16.2. The molecule has 4 heteroatoms. The number of nitrogens with two attached hydrogens (primary N) is 1. The van der Waals surface area contributed by atoms with Crippen molar-refractivity contribution in [3.05, 3.63) is 23.8 Å². The summed E-state index contributed by atoms with van der Waals surface area (Å²) >= 11 is 0. The lowest BCUT2D eigenvalue weighted by Gasteiger charge is -2.13. The number of anilines is 2. The number of carbonyl (C=O) groups excluding carboxylic acids is 1. The van der Waals surface area contributed by atoms with Gasteiger partial charge in [-0.2, -0.15) is 0 Å². The van der Waals surface area contributed by atoms with Crippen molar-refractivity contribution in [2.24, 2.45) is 0 Å². The quantitative estimate of drug-likeness (QED) is 0.729. The predicted octanol–water partition coefficient (Wildman–Crippen LogP) is 1.08. The highest BCUT2D eigenvalue weighted by Crippen LogP contribution is 2.21. The summed E-state index contributed by atoms with van der Waals surface area (Å²) in [4.78, 5) is 12.9. The van der Waals surface area contributed by atoms with Gasteiger partial charge in [-0.25, -0.2) is 0 Å². The topological polar surface area (TPSA) is 58.4 Å². The Kier molecular flexibility index (Phi) is 3.55. The standard InChI is InChI=1S/C11H17N3O/c1-8-5-4-6-9(11(8)12)13-7-10(15)14(2)3/h4-6,13H,7,12H2,1-3H3. The van der Waals surface area contributed by atoms with Crippen LogP contribution < -0.4 is 11.1 Å². The third-order valence-electron chi connectivity index (χ3n) is 2.25. The van der Waals surface area contributed by atoms with E-state index in [0.717, 1.165) is 11.3 Å². The van der Waals surface area contributed by atoms with E-state index in [2.05, 4.69) is 5.32 Å². The van der Waals surface area contributed by atoms with E-state index in [1.807, 2.05) is 25.1 Å². The average Bonchev–Trinajstić information content (AvgIpc) is 2.19. The van der Waals surface area contributed by atoms with Crippen LogP contribution in [0.25, 0.3) is 0 Å². The van der Waals surface area contributed by atoms with Crippen LogP contribution in [0.5, 0.6) is 0 Å². The molecule has 1 aromatic carbocycles. The first-order chi connectivity index (χ1) is 7.02. The molecule has 0 fully saturated rings. The smallest absolute Gasteiger partial charge is 0.241 e. The van der Waals surface area contributed by atoms with Gasteiger partial charge >= 0.3 is 0 Å². The summed E-state index contributed by atoms with van der Waals surface area (Å²) in [6.07, 6.45) is 0. The average molecular weight is 207 g/mol. The maximum atomic E-state index is 11.3. The number of nitrogens with one attached hydrogen (secondary N) is 1. The van der Waals surface area contributed by atoms with Gasteiger partial charge < -0.3 is 16.0 Å². The number of carbonyl (C=O) groups is 1. The maximum Gasteiger partial charge on any atom is 0.241 e. The number of para-hydroxylation sites is 1. The highest BCUT2D eigenvalue weighted by Gasteiger charge is 2.05. The normalized spacial score (nSPS) is 9.80. The number of aryl methyl sites for hydroxylation is 1. The zero-order valence-electron chi connectivity index (χ0n) is 9.37. The lowest BCUT2D eigenvalue weighted by molar-refractivity contribution is -0.126. The molecule has 0 unspecified atom stereocenters. The molecule has 0 heterocycles. The molecule has 0 saturated heterocycles. The van der Waals surface area contributed by atoms with Gasteiger partial charge in [0.25, 0.3) is 0 Å². The third-order valence-corrected chi connectivity index (χ3v) is 2.25. The summed E-state index contributed by atoms with van der Waals surface area (Å²) in [5.74, 6) is 0.0240. The minimum Gasteiger partial charge on any atom is -0.397 e. The fourth-order valence-corrected chi connectivity index (χ4v) is 1.16. The first-order valence-electron chi connectivity index (χ1n) is 4.81. The summed E-state index contributed by atoms with van der Waals surface area (Å²) in [6, 6.07) is 5.72. The van der Waals surface area contributed by atoms with Crippen molar-refractivity contribution in [2.75, 3.05) is 31.7 Å². The van der Waals surface area contributed by atoms with E-state index in [0.29, 0.717) is 5.69 Å². The van der Waals surface area contributed by atoms with Crippen LogP contribution in [0.4, 0.5) is 11.4 Å². The van der Waals surface area contributed by atoms with Crippen LogP contribution in [0.1, 0.15) is 5.56 Å². The molecule has 0 saturated carbocycles. The number of benzene rings is 1. The molecular formula is C11H17N3O. The molecule has 0 aliphatic heterocycles. The van der Waals surface area contributed by atoms with Crippen molar-refractivity contribution in [3.8, 4) is 0 Å². The number of amides is 1. The first-order valence-corrected chi connectivity index (χ1v) is 4.81. The third kappa shape index (κ3) is 2.87. The minimum atomic E-state index is 0.0240. The summed E-state index contributed by atoms with van der Waals surface area (Å²) in [7, 11) is 3.45. The zero-order chi connectivity index (χ0) is 11.4. The van der Waals surface area contributed by atoms with Crippen LogP contribution >= 0.6 is 0 Å². The Balaban J connectivity index is 2.66. The molecule has 0 bridgehead atoms. The van der Waals surface area contributed by atoms with Crippen LogP contribution in [0.3, 0.4) is 0 Å². The van der Waals surface area contributed by atoms with Crippen LogP contribution in [0, 0.1) is 6.92 Å². The summed E-state index contributed by atoms with van der Waals surface area (Å²) < 4.78 is 0. The molecule has 0 aliphatic carbocycles. The SMILES string of the molecule is Cc1cccc(NCC(=O)N(C)C)c1N. The molecule has 0 atom stereocenters. The number of likely N-dealkylation sites (N-methyl/N-ethyl adjacent to an activating group) is 1. The fourth-order valence-electron chi connectivity index (χ4n) is 1.16. The van der Waals surface area contributed by atoms with Crippen LogP contribution in [0.15, 0.2) is 18.2 Å². The molecule has 0 aromatic heterocycles. The molecule has 1 rings (SSSR count). The molecule has 82 valence electrons. The lowest BCUT2D eigenvalue weighted by atomic mass is 10.2. The Morgan fingerprint density at radius 1 is 1.47 bits per heavy atom. The van der Waals surface area contributed by atoms with Gasteiger partial charge in [-0.1, -0.05) is 12.1 Å². The molecule has 0 aliphatic rings. The van der Waals surface area contributed by atoms with Crippen LogP contribution in [-0.2, 0) is 4.79 Å². The summed E-state index contributed by atoms with van der Waals surface area (Å²) in [5.41, 5.74) is 8.38. The van der Waals surface area contributed by atoms with Gasteiger partial charge in [-0.3, -0.25) is 4.79 Å². The number of nitrogens with zero attached hydrogens (tertiary/aromatic N) is 1. The van der Waals surface area contributed by atoms with E-state index in [9.17, 15) is 4.79 Å². The first kappa shape index (κ1) is 11.4. The van der Waals surface area contributed by atoms with Gasteiger partial charge in [0.15, 0.2) is 0 Å². The van der Waals surface area contributed by atoms with E-state index in [4.69, 9.17) is 5.73 Å².